The predicted octanol–water partition coefficient (Wildman–Crippen LogP) is -8.67. The summed E-state index contributed by atoms with van der Waals surface area (Å²) in [5.41, 5.74) is 0. The SMILES string of the molecule is COC[C@@H]1C[C@@H](O)CN1C(=O)CCCNC(=O)C(CCCCNC(=O)C(CCCCNC(=O)CCCCO[C@@H]1OC(CO)[C@H](O)[C@H](O)C1NC(C)=O)NC(=O)CCCCO[C@@H]1OC(CO)[C@H](O)[C@H](O)C1NC(C)=O)NC(=O)C(CCCCNC(=O)CCCCO[C@@H]1OC(CO)[C@H](O)[C@H](O)C1NC(C)=O)NC(=O)CCCCO[C@@H]1OC(CO)[C@H](O)[C@H](O)C1NC(C)=O. The van der Waals surface area contributed by atoms with Crippen molar-refractivity contribution in [2.24, 2.45) is 0 Å². The fourth-order valence-electron chi connectivity index (χ4n) is 15.1. The Morgan fingerprint density at radius 3 is 0.952 bits per heavy atom. The van der Waals surface area contributed by atoms with Crippen molar-refractivity contribution in [2.75, 3.05) is 99.3 Å². The largest absolute Gasteiger partial charge is 0.394 e. The van der Waals surface area contributed by atoms with Gasteiger partial charge in [-0.25, -0.2) is 0 Å². The molecule has 11 unspecified atom stereocenters. The molecule has 0 saturated carbocycles. The molecule has 724 valence electrons. The summed E-state index contributed by atoms with van der Waals surface area (Å²) in [5.74, 6) is -6.26. The summed E-state index contributed by atoms with van der Waals surface area (Å²) in [4.78, 5) is 159. The lowest BCUT2D eigenvalue weighted by atomic mass is 9.97. The van der Waals surface area contributed by atoms with Crippen molar-refractivity contribution >= 4 is 70.9 Å². The molecule has 0 spiro atoms. The molecule has 5 rings (SSSR count). The van der Waals surface area contributed by atoms with Crippen molar-refractivity contribution in [2.45, 2.75) is 335 Å². The van der Waals surface area contributed by atoms with E-state index in [0.29, 0.717) is 51.4 Å². The molecule has 25 atom stereocenters. The number of aliphatic hydroxyl groups excluding tert-OH is 13. The molecule has 5 saturated heterocycles. The topological polar surface area (TPSA) is 686 Å². The van der Waals surface area contributed by atoms with Crippen molar-refractivity contribution in [1.82, 2.24) is 63.4 Å². The molecule has 0 aromatic heterocycles. The quantitative estimate of drug-likeness (QED) is 0.0252. The van der Waals surface area contributed by atoms with E-state index in [9.17, 15) is 124 Å². The van der Waals surface area contributed by atoms with E-state index in [1.165, 1.54) is 39.7 Å². The van der Waals surface area contributed by atoms with Gasteiger partial charge in [-0.2, -0.15) is 0 Å². The Morgan fingerprint density at radius 2 is 0.643 bits per heavy atom. The Hall–Kier alpha value is -7.24. The first-order valence-electron chi connectivity index (χ1n) is 43.7. The zero-order chi connectivity index (χ0) is 93.0. The number of rotatable bonds is 59. The highest BCUT2D eigenvalue weighted by atomic mass is 16.7. The van der Waals surface area contributed by atoms with Gasteiger partial charge < -0.3 is 172 Å². The third-order valence-corrected chi connectivity index (χ3v) is 21.9. The number of methoxy groups -OCH3 is 1. The van der Waals surface area contributed by atoms with Crippen LogP contribution in [0.15, 0.2) is 0 Å². The number of hydrogen-bond acceptors (Lipinski definition) is 34. The standard InChI is InChI=1S/C80H140N12O34/c1-44(97)85-62-70(111)66(107)53(39-93)123-77(62)119-33-16-9-24-57(102)81-29-13-6-21-50(89-59(104)26-11-18-35-121-79-64(87-46(3)99)72(113)68(109)55(41-95)125-79)74(115)83-31-15-8-22-51(75(116)84-32-20-28-61(106)92-38-49(101)37-48(92)43-118-5)91-76(117)52(90-60(105)27-12-19-36-122-80-65(88-47(4)100)73(114)69(110)56(42-96)126-80)23-7-14-30-82-58(103)25-10-17-34-120-78-63(86-45(2)98)71(112)67(108)54(40-94)124-78/h48-56,62-73,77-80,93-96,101,107-114H,6-43H2,1-5H3,(H,81,102)(H,82,103)(H,83,115)(H,84,116)(H,85,97)(H,86,98)(H,87,99)(H,88,100)(H,89,104)(H,90,105)(H,91,117)/t48-,49+,50?,51?,52?,53?,54?,55?,56?,62?,63?,64?,65?,66-,67-,68-,69-,70+,71+,72+,73+,77+,78+,79+,80+/m0/s1. The summed E-state index contributed by atoms with van der Waals surface area (Å²) in [7, 11) is 1.48. The number of nitrogens with one attached hydrogen (secondary N) is 11. The van der Waals surface area contributed by atoms with E-state index in [1.54, 1.807) is 0 Å². The first-order chi connectivity index (χ1) is 60.2. The van der Waals surface area contributed by atoms with Crippen LogP contribution in [0.2, 0.25) is 0 Å². The molecule has 5 heterocycles. The van der Waals surface area contributed by atoms with Gasteiger partial charge in [-0.3, -0.25) is 57.5 Å². The van der Waals surface area contributed by atoms with E-state index in [0.717, 1.165) is 0 Å². The third kappa shape index (κ3) is 38.1. The number of unbranched alkanes of at least 4 members (excludes halogenated alkanes) is 7. The summed E-state index contributed by atoms with van der Waals surface area (Å²) < 4.78 is 50.8. The molecule has 5 aliphatic rings. The van der Waals surface area contributed by atoms with Crippen LogP contribution in [0.25, 0.3) is 0 Å². The molecule has 0 bridgehead atoms. The van der Waals surface area contributed by atoms with E-state index in [4.69, 9.17) is 42.6 Å². The van der Waals surface area contributed by atoms with Crippen LogP contribution in [0.3, 0.4) is 0 Å². The Bertz CT molecular complexity index is 3310. The molecule has 46 heteroatoms. The number of carbonyl (C=O) groups is 12. The van der Waals surface area contributed by atoms with E-state index >= 15 is 0 Å². The molecular formula is C80H140N12O34. The number of carbonyl (C=O) groups excluding carboxylic acids is 12. The maximum Gasteiger partial charge on any atom is 0.243 e. The second kappa shape index (κ2) is 59.1. The lowest BCUT2D eigenvalue weighted by Crippen LogP contribution is -2.64. The van der Waals surface area contributed by atoms with Gasteiger partial charge in [0.05, 0.1) is 45.2 Å². The summed E-state index contributed by atoms with van der Waals surface area (Å²) >= 11 is 0. The number of amides is 12. The van der Waals surface area contributed by atoms with Crippen molar-refractivity contribution in [3.05, 3.63) is 0 Å². The average molecular weight is 1810 g/mol. The van der Waals surface area contributed by atoms with E-state index in [1.807, 2.05) is 0 Å². The minimum atomic E-state index is -1.57. The van der Waals surface area contributed by atoms with E-state index in [-0.39, 0.29) is 192 Å². The van der Waals surface area contributed by atoms with Gasteiger partial charge in [0.15, 0.2) is 25.2 Å². The number of nitrogens with zero attached hydrogens (tertiary/aromatic N) is 1. The van der Waals surface area contributed by atoms with Crippen LogP contribution in [0.1, 0.15) is 182 Å². The molecule has 24 N–H and O–H groups in total. The van der Waals surface area contributed by atoms with Gasteiger partial charge in [0.1, 0.15) is 116 Å². The number of likely N-dealkylation sites (tertiary alicyclic amines) is 1. The Kier molecular flexibility index (Phi) is 51.3. The van der Waals surface area contributed by atoms with Crippen molar-refractivity contribution in [1.29, 1.82) is 0 Å². The Labute approximate surface area is 732 Å². The Balaban J connectivity index is 1.25. The lowest BCUT2D eigenvalue weighted by Gasteiger charge is -2.42. The monoisotopic (exact) mass is 1810 g/mol. The zero-order valence-corrected chi connectivity index (χ0v) is 72.6. The second-order valence-electron chi connectivity index (χ2n) is 32.3. The van der Waals surface area contributed by atoms with Crippen LogP contribution >= 0.6 is 0 Å². The van der Waals surface area contributed by atoms with Gasteiger partial charge in [0.2, 0.25) is 70.9 Å². The van der Waals surface area contributed by atoms with Gasteiger partial charge in [0, 0.05) is 126 Å². The predicted molar refractivity (Wildman–Crippen MR) is 437 cm³/mol. The molecule has 126 heavy (non-hydrogen) atoms. The fraction of sp³-hybridized carbons (Fsp3) is 0.850. The molecule has 5 fully saturated rings. The summed E-state index contributed by atoms with van der Waals surface area (Å²) in [6, 6.07) is -8.77. The molecule has 0 aromatic rings. The summed E-state index contributed by atoms with van der Waals surface area (Å²) in [6.07, 6.45) is -18.9. The van der Waals surface area contributed by atoms with Gasteiger partial charge in [-0.1, -0.05) is 0 Å². The summed E-state index contributed by atoms with van der Waals surface area (Å²) in [5, 5.41) is 163. The van der Waals surface area contributed by atoms with Crippen molar-refractivity contribution in [3.63, 3.8) is 0 Å². The van der Waals surface area contributed by atoms with Gasteiger partial charge in [0.25, 0.3) is 0 Å². The molecular weight excluding hydrogens is 1670 g/mol. The first kappa shape index (κ1) is 109. The number of aliphatic hydroxyl groups is 13. The molecule has 5 aliphatic heterocycles. The van der Waals surface area contributed by atoms with Crippen LogP contribution in [0.4, 0.5) is 0 Å². The molecule has 0 radical (unpaired) electrons. The highest BCUT2D eigenvalue weighted by Gasteiger charge is 2.50. The molecule has 0 aliphatic carbocycles. The lowest BCUT2D eigenvalue weighted by molar-refractivity contribution is -0.270. The second-order valence-corrected chi connectivity index (χ2v) is 32.3. The first-order valence-corrected chi connectivity index (χ1v) is 43.7. The minimum absolute atomic E-state index is 0.00696. The third-order valence-electron chi connectivity index (χ3n) is 21.9. The maximum absolute atomic E-state index is 14.7. The molecule has 12 amide bonds. The maximum atomic E-state index is 14.7. The molecule has 46 nitrogen and oxygen atoms in total. The Morgan fingerprint density at radius 1 is 0.349 bits per heavy atom. The van der Waals surface area contributed by atoms with Gasteiger partial charge in [-0.15, -0.1) is 0 Å². The van der Waals surface area contributed by atoms with Crippen LogP contribution < -0.4 is 58.5 Å². The number of ether oxygens (including phenoxy) is 9. The number of β-amino-alcohol motifs (C(OH)–C–C–N with tert-alkyl or cyclic N) is 1. The van der Waals surface area contributed by atoms with Crippen LogP contribution in [0.5, 0.6) is 0 Å². The highest BCUT2D eigenvalue weighted by molar-refractivity contribution is 5.92. The minimum Gasteiger partial charge on any atom is -0.394 e. The fourth-order valence-corrected chi connectivity index (χ4v) is 15.1. The van der Waals surface area contributed by atoms with Crippen LogP contribution in [-0.2, 0) is 100 Å². The van der Waals surface area contributed by atoms with Crippen LogP contribution in [-0.4, -0.2) is 394 Å². The van der Waals surface area contributed by atoms with Crippen LogP contribution in [0, 0.1) is 0 Å². The smallest absolute Gasteiger partial charge is 0.243 e. The normalized spacial score (nSPS) is 28.5. The van der Waals surface area contributed by atoms with Gasteiger partial charge in [-0.05, 0) is 122 Å². The zero-order valence-electron chi connectivity index (χ0n) is 72.6. The van der Waals surface area contributed by atoms with E-state index in [2.05, 4.69) is 58.5 Å². The van der Waals surface area contributed by atoms with Gasteiger partial charge >= 0.3 is 0 Å². The van der Waals surface area contributed by atoms with Crippen molar-refractivity contribution < 1.29 is 167 Å². The molecule has 0 aromatic carbocycles. The van der Waals surface area contributed by atoms with E-state index < -0.39 is 226 Å². The number of hydrogen-bond donors (Lipinski definition) is 24. The highest BCUT2D eigenvalue weighted by Crippen LogP contribution is 2.28. The summed E-state index contributed by atoms with van der Waals surface area (Å²) in [6.45, 7) is 2.58. The van der Waals surface area contributed by atoms with Crippen molar-refractivity contribution in [3.8, 4) is 0 Å². The average Bonchev–Trinajstić information content (AvgIpc) is 1.10.